The fourth-order valence-corrected chi connectivity index (χ4v) is 4.90. The van der Waals surface area contributed by atoms with Gasteiger partial charge in [0, 0.05) is 0 Å². The minimum absolute atomic E-state index is 0.0312. The first kappa shape index (κ1) is 24.9. The standard InChI is InChI=1S/C25H21F3N2O6S/c1-29-37(32,33)18-6-2-15(3-7-18)16-4-8-20(36-25(26,27)28)19(12-16)30-23(31)24(10-11-24)17-5-9-21-22(13-17)35-14-34-21/h2-9,12-13,29H,10-11,14H2,1H3,(H,30,31). The zero-order valence-corrected chi connectivity index (χ0v) is 20.2. The Morgan fingerprint density at radius 2 is 1.62 bits per heavy atom. The molecule has 1 amide bonds. The number of carbonyl (C=O) groups excluding carboxylic acids is 1. The highest BCUT2D eigenvalue weighted by Gasteiger charge is 2.52. The van der Waals surface area contributed by atoms with Crippen LogP contribution in [-0.2, 0) is 20.2 Å². The number of sulfonamides is 1. The topological polar surface area (TPSA) is 103 Å². The van der Waals surface area contributed by atoms with Gasteiger partial charge in [-0.25, -0.2) is 13.1 Å². The van der Waals surface area contributed by atoms with E-state index in [0.717, 1.165) is 6.07 Å². The SMILES string of the molecule is CNS(=O)(=O)c1ccc(-c2ccc(OC(F)(F)F)c(NC(=O)C3(c4ccc5c(c4)OCO5)CC3)c2)cc1. The summed E-state index contributed by atoms with van der Waals surface area (Å²) in [6, 6.07) is 14.8. The van der Waals surface area contributed by atoms with E-state index in [0.29, 0.717) is 41.0 Å². The molecule has 1 aliphatic carbocycles. The molecule has 3 aromatic rings. The Hall–Kier alpha value is -3.77. The normalized spacial score (nSPS) is 15.8. The largest absolute Gasteiger partial charge is 0.573 e. The Kier molecular flexibility index (Phi) is 6.03. The molecule has 194 valence electrons. The molecule has 1 saturated carbocycles. The lowest BCUT2D eigenvalue weighted by atomic mass is 9.94. The van der Waals surface area contributed by atoms with Crippen molar-refractivity contribution in [2.75, 3.05) is 19.2 Å². The number of benzene rings is 3. The number of hydrogen-bond acceptors (Lipinski definition) is 6. The summed E-state index contributed by atoms with van der Waals surface area (Å²) in [5, 5.41) is 2.62. The zero-order valence-electron chi connectivity index (χ0n) is 19.4. The number of halogens is 3. The first-order valence-corrected chi connectivity index (χ1v) is 12.6. The molecule has 1 heterocycles. The highest BCUT2D eigenvalue weighted by Crippen LogP contribution is 2.51. The van der Waals surface area contributed by atoms with E-state index in [-0.39, 0.29) is 17.4 Å². The number of ether oxygens (including phenoxy) is 3. The van der Waals surface area contributed by atoms with Gasteiger partial charge >= 0.3 is 6.36 Å². The molecule has 2 N–H and O–H groups in total. The van der Waals surface area contributed by atoms with Gasteiger partial charge in [0.25, 0.3) is 0 Å². The quantitative estimate of drug-likeness (QED) is 0.461. The molecule has 0 saturated heterocycles. The van der Waals surface area contributed by atoms with Crippen molar-refractivity contribution in [3.8, 4) is 28.4 Å². The van der Waals surface area contributed by atoms with Crippen LogP contribution in [0.25, 0.3) is 11.1 Å². The number of alkyl halides is 3. The third kappa shape index (κ3) is 4.94. The molecular formula is C25H21F3N2O6S. The van der Waals surface area contributed by atoms with Crippen LogP contribution in [0, 0.1) is 0 Å². The Morgan fingerprint density at radius 1 is 0.946 bits per heavy atom. The zero-order chi connectivity index (χ0) is 26.4. The van der Waals surface area contributed by atoms with Gasteiger partial charge in [0.1, 0.15) is 0 Å². The van der Waals surface area contributed by atoms with Crippen molar-refractivity contribution in [1.82, 2.24) is 4.72 Å². The molecule has 1 fully saturated rings. The molecule has 3 aromatic carbocycles. The molecule has 0 aromatic heterocycles. The van der Waals surface area contributed by atoms with Crippen LogP contribution in [0.15, 0.2) is 65.6 Å². The predicted molar refractivity (Wildman–Crippen MR) is 127 cm³/mol. The third-order valence-electron chi connectivity index (χ3n) is 6.33. The summed E-state index contributed by atoms with van der Waals surface area (Å²) < 4.78 is 80.3. The van der Waals surface area contributed by atoms with Gasteiger partial charge in [-0.2, -0.15) is 0 Å². The second kappa shape index (κ2) is 8.96. The molecule has 0 atom stereocenters. The second-order valence-electron chi connectivity index (χ2n) is 8.59. The van der Waals surface area contributed by atoms with Gasteiger partial charge in [0.2, 0.25) is 22.7 Å². The van der Waals surface area contributed by atoms with Crippen LogP contribution in [0.1, 0.15) is 18.4 Å². The van der Waals surface area contributed by atoms with Crippen LogP contribution in [-0.4, -0.2) is 34.5 Å². The first-order valence-electron chi connectivity index (χ1n) is 11.2. The number of amides is 1. The van der Waals surface area contributed by atoms with E-state index in [2.05, 4.69) is 14.8 Å². The fraction of sp³-hybridized carbons (Fsp3) is 0.240. The number of hydrogen-bond donors (Lipinski definition) is 2. The summed E-state index contributed by atoms with van der Waals surface area (Å²) in [6.45, 7) is 0.0742. The van der Waals surface area contributed by atoms with Crippen molar-refractivity contribution in [3.63, 3.8) is 0 Å². The lowest BCUT2D eigenvalue weighted by Crippen LogP contribution is -2.28. The predicted octanol–water partition coefficient (Wildman–Crippen LogP) is 4.56. The molecule has 8 nitrogen and oxygen atoms in total. The Labute approximate surface area is 210 Å². The van der Waals surface area contributed by atoms with Crippen LogP contribution in [0.2, 0.25) is 0 Å². The van der Waals surface area contributed by atoms with Gasteiger partial charge in [0.05, 0.1) is 16.0 Å². The maximum absolute atomic E-state index is 13.4. The van der Waals surface area contributed by atoms with Crippen LogP contribution in [0.4, 0.5) is 18.9 Å². The Bertz CT molecular complexity index is 1470. The average molecular weight is 535 g/mol. The molecule has 2 aliphatic rings. The number of anilines is 1. The molecule has 12 heteroatoms. The maximum Gasteiger partial charge on any atom is 0.573 e. The van der Waals surface area contributed by atoms with Gasteiger partial charge in [-0.15, -0.1) is 13.2 Å². The maximum atomic E-state index is 13.4. The second-order valence-corrected chi connectivity index (χ2v) is 10.5. The van der Waals surface area contributed by atoms with Crippen LogP contribution >= 0.6 is 0 Å². The lowest BCUT2D eigenvalue weighted by molar-refractivity contribution is -0.274. The molecule has 0 bridgehead atoms. The van der Waals surface area contributed by atoms with Gasteiger partial charge in [-0.05, 0) is 73.0 Å². The molecule has 1 aliphatic heterocycles. The van der Waals surface area contributed by atoms with Crippen molar-refractivity contribution >= 4 is 21.6 Å². The molecule has 0 spiro atoms. The van der Waals surface area contributed by atoms with Crippen molar-refractivity contribution in [3.05, 3.63) is 66.2 Å². The van der Waals surface area contributed by atoms with Gasteiger partial charge in [-0.3, -0.25) is 4.79 Å². The van der Waals surface area contributed by atoms with E-state index in [9.17, 15) is 26.4 Å². The van der Waals surface area contributed by atoms with Gasteiger partial charge in [-0.1, -0.05) is 24.3 Å². The van der Waals surface area contributed by atoms with Gasteiger partial charge < -0.3 is 19.5 Å². The van der Waals surface area contributed by atoms with E-state index in [1.165, 1.54) is 43.4 Å². The van der Waals surface area contributed by atoms with Crippen molar-refractivity contribution < 1.29 is 40.6 Å². The van der Waals surface area contributed by atoms with Crippen molar-refractivity contribution in [2.45, 2.75) is 29.5 Å². The highest BCUT2D eigenvalue weighted by molar-refractivity contribution is 7.89. The summed E-state index contributed by atoms with van der Waals surface area (Å²) in [5.41, 5.74) is 0.561. The van der Waals surface area contributed by atoms with E-state index in [4.69, 9.17) is 9.47 Å². The fourth-order valence-electron chi connectivity index (χ4n) is 4.17. The molecular weight excluding hydrogens is 513 g/mol. The summed E-state index contributed by atoms with van der Waals surface area (Å²) in [4.78, 5) is 13.4. The number of nitrogens with one attached hydrogen (secondary N) is 2. The number of fused-ring (bicyclic) bond motifs is 1. The molecule has 5 rings (SSSR count). The highest BCUT2D eigenvalue weighted by atomic mass is 32.2. The third-order valence-corrected chi connectivity index (χ3v) is 7.76. The minimum Gasteiger partial charge on any atom is -0.454 e. The van der Waals surface area contributed by atoms with E-state index >= 15 is 0 Å². The smallest absolute Gasteiger partial charge is 0.454 e. The summed E-state index contributed by atoms with van der Waals surface area (Å²) in [7, 11) is -2.37. The summed E-state index contributed by atoms with van der Waals surface area (Å²) in [5.74, 6) is 0.0110. The lowest BCUT2D eigenvalue weighted by Gasteiger charge is -2.19. The number of carbonyl (C=O) groups is 1. The van der Waals surface area contributed by atoms with Crippen molar-refractivity contribution in [2.24, 2.45) is 0 Å². The monoisotopic (exact) mass is 534 g/mol. The Morgan fingerprint density at radius 3 is 2.27 bits per heavy atom. The van der Waals surface area contributed by atoms with Crippen LogP contribution in [0.5, 0.6) is 17.2 Å². The number of rotatable bonds is 7. The van der Waals surface area contributed by atoms with Crippen LogP contribution in [0.3, 0.4) is 0 Å². The first-order chi connectivity index (χ1) is 17.5. The van der Waals surface area contributed by atoms with Crippen molar-refractivity contribution in [1.29, 1.82) is 0 Å². The summed E-state index contributed by atoms with van der Waals surface area (Å²) >= 11 is 0. The summed E-state index contributed by atoms with van der Waals surface area (Å²) in [6.07, 6.45) is -3.96. The molecule has 0 unspecified atom stereocenters. The van der Waals surface area contributed by atoms with Gasteiger partial charge in [0.15, 0.2) is 17.2 Å². The molecule has 0 radical (unpaired) electrons. The minimum atomic E-state index is -4.97. The van der Waals surface area contributed by atoms with E-state index < -0.39 is 33.5 Å². The molecule has 37 heavy (non-hydrogen) atoms. The van der Waals surface area contributed by atoms with E-state index in [1.54, 1.807) is 18.2 Å². The van der Waals surface area contributed by atoms with Crippen LogP contribution < -0.4 is 24.2 Å². The Balaban J connectivity index is 1.46. The average Bonchev–Trinajstić information content (AvgIpc) is 3.55. The van der Waals surface area contributed by atoms with E-state index in [1.807, 2.05) is 0 Å².